The van der Waals surface area contributed by atoms with Crippen molar-refractivity contribution in [1.29, 1.82) is 0 Å². The van der Waals surface area contributed by atoms with Gasteiger partial charge in [0.05, 0.1) is 12.0 Å². The van der Waals surface area contributed by atoms with E-state index >= 15 is 0 Å². The van der Waals surface area contributed by atoms with Crippen LogP contribution in [0.25, 0.3) is 16.9 Å². The number of hydrogen-bond acceptors (Lipinski definition) is 5. The second-order valence-corrected chi connectivity index (χ2v) is 6.53. The van der Waals surface area contributed by atoms with Crippen molar-refractivity contribution in [3.05, 3.63) is 59.9 Å². The van der Waals surface area contributed by atoms with Crippen LogP contribution in [-0.2, 0) is 6.54 Å². The van der Waals surface area contributed by atoms with Crippen LogP contribution in [0.3, 0.4) is 0 Å². The van der Waals surface area contributed by atoms with Crippen molar-refractivity contribution >= 4 is 28.6 Å². The van der Waals surface area contributed by atoms with E-state index in [1.54, 1.807) is 12.5 Å². The SMILES string of the molecule is CC(C)n1cnc2c(NCc3ccccc3-n3cccn3)nc(Cl)nc21. The van der Waals surface area contributed by atoms with Crippen LogP contribution in [-0.4, -0.2) is 29.3 Å². The molecule has 0 spiro atoms. The van der Waals surface area contributed by atoms with Crippen LogP contribution in [0.2, 0.25) is 5.28 Å². The van der Waals surface area contributed by atoms with E-state index < -0.39 is 0 Å². The highest BCUT2D eigenvalue weighted by molar-refractivity contribution is 6.28. The third-order valence-corrected chi connectivity index (χ3v) is 4.31. The molecule has 1 N–H and O–H groups in total. The van der Waals surface area contributed by atoms with Crippen LogP contribution < -0.4 is 5.32 Å². The zero-order chi connectivity index (χ0) is 18.1. The summed E-state index contributed by atoms with van der Waals surface area (Å²) in [4.78, 5) is 13.1. The van der Waals surface area contributed by atoms with Gasteiger partial charge < -0.3 is 9.88 Å². The van der Waals surface area contributed by atoms with E-state index in [4.69, 9.17) is 11.6 Å². The van der Waals surface area contributed by atoms with E-state index in [-0.39, 0.29) is 11.3 Å². The van der Waals surface area contributed by atoms with Crippen LogP contribution >= 0.6 is 11.6 Å². The minimum Gasteiger partial charge on any atom is -0.364 e. The van der Waals surface area contributed by atoms with Crippen LogP contribution in [0.15, 0.2) is 49.1 Å². The Morgan fingerprint density at radius 2 is 2.00 bits per heavy atom. The molecule has 4 aromatic rings. The Bertz CT molecular complexity index is 1040. The summed E-state index contributed by atoms with van der Waals surface area (Å²) in [5.74, 6) is 0.620. The molecule has 0 unspecified atom stereocenters. The van der Waals surface area contributed by atoms with Gasteiger partial charge in [0.15, 0.2) is 17.0 Å². The molecule has 3 heterocycles. The molecule has 4 rings (SSSR count). The van der Waals surface area contributed by atoms with E-state index in [0.29, 0.717) is 17.9 Å². The van der Waals surface area contributed by atoms with E-state index in [2.05, 4.69) is 45.3 Å². The molecule has 0 radical (unpaired) electrons. The van der Waals surface area contributed by atoms with Crippen LogP contribution in [0.4, 0.5) is 5.82 Å². The first-order valence-electron chi connectivity index (χ1n) is 8.35. The molecule has 0 aliphatic carbocycles. The molecular formula is C18H18ClN7. The maximum absolute atomic E-state index is 6.13. The normalized spacial score (nSPS) is 11.4. The fraction of sp³-hybridized carbons (Fsp3) is 0.222. The molecule has 0 saturated carbocycles. The molecule has 7 nitrogen and oxygen atoms in total. The summed E-state index contributed by atoms with van der Waals surface area (Å²) in [5, 5.41) is 7.86. The molecule has 132 valence electrons. The van der Waals surface area contributed by atoms with Crippen molar-refractivity contribution < 1.29 is 0 Å². The Labute approximate surface area is 155 Å². The van der Waals surface area contributed by atoms with Gasteiger partial charge in [-0.15, -0.1) is 0 Å². The number of hydrogen-bond donors (Lipinski definition) is 1. The van der Waals surface area contributed by atoms with E-state index in [0.717, 1.165) is 16.9 Å². The molecular weight excluding hydrogens is 350 g/mol. The summed E-state index contributed by atoms with van der Waals surface area (Å²) in [7, 11) is 0. The summed E-state index contributed by atoms with van der Waals surface area (Å²) in [5.41, 5.74) is 3.53. The number of nitrogens with one attached hydrogen (secondary N) is 1. The van der Waals surface area contributed by atoms with Gasteiger partial charge in [-0.2, -0.15) is 15.1 Å². The molecule has 0 fully saturated rings. The summed E-state index contributed by atoms with van der Waals surface area (Å²) in [6.45, 7) is 4.71. The molecule has 0 aliphatic heterocycles. The van der Waals surface area contributed by atoms with Crippen molar-refractivity contribution in [3.8, 4) is 5.69 Å². The van der Waals surface area contributed by atoms with Crippen molar-refractivity contribution in [2.45, 2.75) is 26.4 Å². The highest BCUT2D eigenvalue weighted by Gasteiger charge is 2.14. The second kappa shape index (κ2) is 6.76. The molecule has 1 aromatic carbocycles. The van der Waals surface area contributed by atoms with Gasteiger partial charge in [-0.1, -0.05) is 18.2 Å². The van der Waals surface area contributed by atoms with Crippen molar-refractivity contribution in [3.63, 3.8) is 0 Å². The van der Waals surface area contributed by atoms with Crippen LogP contribution in [0.5, 0.6) is 0 Å². The van der Waals surface area contributed by atoms with E-state index in [1.165, 1.54) is 0 Å². The molecule has 0 aliphatic rings. The van der Waals surface area contributed by atoms with Gasteiger partial charge in [0.2, 0.25) is 5.28 Å². The number of anilines is 1. The predicted molar refractivity (Wildman–Crippen MR) is 102 cm³/mol. The van der Waals surface area contributed by atoms with E-state index in [1.807, 2.05) is 39.7 Å². The topological polar surface area (TPSA) is 73.5 Å². The van der Waals surface area contributed by atoms with Crippen molar-refractivity contribution in [2.75, 3.05) is 5.32 Å². The first-order valence-corrected chi connectivity index (χ1v) is 8.73. The fourth-order valence-electron chi connectivity index (χ4n) is 2.87. The molecule has 26 heavy (non-hydrogen) atoms. The Morgan fingerprint density at radius 1 is 1.15 bits per heavy atom. The number of halogens is 1. The monoisotopic (exact) mass is 367 g/mol. The number of rotatable bonds is 5. The Balaban J connectivity index is 1.68. The summed E-state index contributed by atoms with van der Waals surface area (Å²) in [6, 6.07) is 10.2. The average Bonchev–Trinajstić information content (AvgIpc) is 3.29. The molecule has 0 amide bonds. The molecule has 0 saturated heterocycles. The largest absolute Gasteiger partial charge is 0.364 e. The molecule has 0 bridgehead atoms. The van der Waals surface area contributed by atoms with Crippen LogP contribution in [0.1, 0.15) is 25.5 Å². The standard InChI is InChI=1S/C18H18ClN7/c1-12(2)25-11-21-15-16(23-18(19)24-17(15)25)20-10-13-6-3-4-7-14(13)26-9-5-8-22-26/h3-9,11-12H,10H2,1-2H3,(H,20,23,24). The van der Waals surface area contributed by atoms with Gasteiger partial charge in [-0.05, 0) is 43.1 Å². The maximum Gasteiger partial charge on any atom is 0.226 e. The smallest absolute Gasteiger partial charge is 0.226 e. The lowest BCUT2D eigenvalue weighted by atomic mass is 10.2. The third kappa shape index (κ3) is 3.01. The molecule has 0 atom stereocenters. The lowest BCUT2D eigenvalue weighted by Crippen LogP contribution is -2.08. The van der Waals surface area contributed by atoms with E-state index in [9.17, 15) is 0 Å². The quantitative estimate of drug-likeness (QED) is 0.542. The minimum absolute atomic E-state index is 0.197. The maximum atomic E-state index is 6.13. The van der Waals surface area contributed by atoms with Crippen LogP contribution in [0, 0.1) is 0 Å². The first-order chi connectivity index (χ1) is 12.6. The van der Waals surface area contributed by atoms with Gasteiger partial charge in [0.25, 0.3) is 0 Å². The van der Waals surface area contributed by atoms with Gasteiger partial charge in [-0.25, -0.2) is 9.67 Å². The summed E-state index contributed by atoms with van der Waals surface area (Å²) >= 11 is 6.13. The zero-order valence-corrected chi connectivity index (χ0v) is 15.2. The number of nitrogens with zero attached hydrogens (tertiary/aromatic N) is 6. The summed E-state index contributed by atoms with van der Waals surface area (Å²) in [6.07, 6.45) is 5.45. The van der Waals surface area contributed by atoms with Gasteiger partial charge in [-0.3, -0.25) is 0 Å². The molecule has 3 aromatic heterocycles. The lowest BCUT2D eigenvalue weighted by Gasteiger charge is -2.12. The third-order valence-electron chi connectivity index (χ3n) is 4.14. The highest BCUT2D eigenvalue weighted by atomic mass is 35.5. The van der Waals surface area contributed by atoms with Crippen molar-refractivity contribution in [2.24, 2.45) is 0 Å². The number of imidazole rings is 1. The van der Waals surface area contributed by atoms with Gasteiger partial charge >= 0.3 is 0 Å². The summed E-state index contributed by atoms with van der Waals surface area (Å²) < 4.78 is 3.82. The fourth-order valence-corrected chi connectivity index (χ4v) is 3.03. The number of fused-ring (bicyclic) bond motifs is 1. The Hall–Kier alpha value is -2.93. The van der Waals surface area contributed by atoms with Gasteiger partial charge in [0, 0.05) is 25.0 Å². The zero-order valence-electron chi connectivity index (χ0n) is 14.5. The average molecular weight is 368 g/mol. The Morgan fingerprint density at radius 3 is 2.77 bits per heavy atom. The second-order valence-electron chi connectivity index (χ2n) is 6.19. The first kappa shape index (κ1) is 16.5. The molecule has 8 heteroatoms. The highest BCUT2D eigenvalue weighted by Crippen LogP contribution is 2.24. The van der Waals surface area contributed by atoms with Crippen molar-refractivity contribution in [1.82, 2.24) is 29.3 Å². The number of benzene rings is 1. The Kier molecular flexibility index (Phi) is 4.30. The number of para-hydroxylation sites is 1. The predicted octanol–water partition coefficient (Wildman–Crippen LogP) is 3.86. The minimum atomic E-state index is 0.197. The lowest BCUT2D eigenvalue weighted by molar-refractivity contribution is 0.612. The number of aromatic nitrogens is 6. The van der Waals surface area contributed by atoms with Gasteiger partial charge in [0.1, 0.15) is 0 Å².